The average molecular weight is 304 g/mol. The maximum atomic E-state index is 12.1. The van der Waals surface area contributed by atoms with Crippen LogP contribution >= 0.6 is 0 Å². The molecule has 1 aromatic carbocycles. The predicted octanol–water partition coefficient (Wildman–Crippen LogP) is 1.88. The number of carboxylic acid groups (broad SMARTS) is 1. The van der Waals surface area contributed by atoms with Gasteiger partial charge in [0.25, 0.3) is 0 Å². The monoisotopic (exact) mass is 304 g/mol. The Hall–Kier alpha value is -2.50. The second-order valence-corrected chi connectivity index (χ2v) is 5.50. The van der Waals surface area contributed by atoms with Crippen molar-refractivity contribution in [3.63, 3.8) is 0 Å². The fourth-order valence-electron chi connectivity index (χ4n) is 2.33. The van der Waals surface area contributed by atoms with Crippen molar-refractivity contribution in [1.82, 2.24) is 9.88 Å². The zero-order valence-corrected chi connectivity index (χ0v) is 12.9. The molecule has 1 amide bonds. The maximum absolute atomic E-state index is 12.1. The van der Waals surface area contributed by atoms with Crippen molar-refractivity contribution in [3.8, 4) is 5.75 Å². The van der Waals surface area contributed by atoms with Gasteiger partial charge in [-0.1, -0.05) is 13.8 Å². The zero-order chi connectivity index (χ0) is 16.3. The minimum atomic E-state index is -1.02. The van der Waals surface area contributed by atoms with Gasteiger partial charge in [0.15, 0.2) is 0 Å². The third-order valence-electron chi connectivity index (χ3n) is 3.54. The molecule has 22 heavy (non-hydrogen) atoms. The number of nitrogens with zero attached hydrogens (tertiary/aromatic N) is 1. The molecule has 0 aliphatic carbocycles. The Morgan fingerprint density at radius 3 is 2.64 bits per heavy atom. The van der Waals surface area contributed by atoms with Gasteiger partial charge in [0, 0.05) is 17.1 Å². The van der Waals surface area contributed by atoms with Crippen LogP contribution in [-0.2, 0) is 16.1 Å². The number of hydrogen-bond donors (Lipinski definition) is 2. The first-order chi connectivity index (χ1) is 10.4. The first kappa shape index (κ1) is 15.9. The number of methoxy groups -OCH3 is 1. The number of nitrogens with one attached hydrogen (secondary N) is 1. The molecule has 0 spiro atoms. The van der Waals surface area contributed by atoms with Crippen molar-refractivity contribution in [1.29, 1.82) is 0 Å². The largest absolute Gasteiger partial charge is 0.497 e. The van der Waals surface area contributed by atoms with E-state index in [0.717, 1.165) is 16.7 Å². The van der Waals surface area contributed by atoms with Gasteiger partial charge in [0.05, 0.1) is 7.11 Å². The summed E-state index contributed by atoms with van der Waals surface area (Å²) in [6.07, 6.45) is 1.80. The Labute approximate surface area is 128 Å². The molecule has 2 N–H and O–H groups in total. The summed E-state index contributed by atoms with van der Waals surface area (Å²) < 4.78 is 6.95. The second kappa shape index (κ2) is 6.51. The van der Waals surface area contributed by atoms with Gasteiger partial charge in [-0.15, -0.1) is 0 Å². The van der Waals surface area contributed by atoms with Crippen LogP contribution in [0.2, 0.25) is 0 Å². The number of amides is 1. The van der Waals surface area contributed by atoms with E-state index in [0.29, 0.717) is 0 Å². The van der Waals surface area contributed by atoms with E-state index in [1.54, 1.807) is 31.7 Å². The topological polar surface area (TPSA) is 80.6 Å². The van der Waals surface area contributed by atoms with Crippen LogP contribution in [0.3, 0.4) is 0 Å². The smallest absolute Gasteiger partial charge is 0.326 e. The number of carbonyl (C=O) groups is 2. The quantitative estimate of drug-likeness (QED) is 0.854. The van der Waals surface area contributed by atoms with E-state index in [2.05, 4.69) is 5.32 Å². The number of carbonyl (C=O) groups excluding carboxylic acids is 1. The number of fused-ring (bicyclic) bond motifs is 1. The van der Waals surface area contributed by atoms with Crippen LogP contribution in [0.15, 0.2) is 30.5 Å². The number of carboxylic acids is 1. The lowest BCUT2D eigenvalue weighted by molar-refractivity contribution is -0.143. The van der Waals surface area contributed by atoms with Gasteiger partial charge in [-0.05, 0) is 30.2 Å². The third-order valence-corrected chi connectivity index (χ3v) is 3.54. The maximum Gasteiger partial charge on any atom is 0.326 e. The van der Waals surface area contributed by atoms with Crippen LogP contribution in [0.5, 0.6) is 5.75 Å². The van der Waals surface area contributed by atoms with E-state index in [1.807, 2.05) is 24.3 Å². The molecule has 0 saturated heterocycles. The lowest BCUT2D eigenvalue weighted by Gasteiger charge is -2.18. The molecule has 1 atom stereocenters. The SMILES string of the molecule is COc1ccc2c(ccn2CC(=O)N[C@@H](C(=O)O)C(C)C)c1. The molecule has 118 valence electrons. The van der Waals surface area contributed by atoms with Gasteiger partial charge >= 0.3 is 5.97 Å². The summed E-state index contributed by atoms with van der Waals surface area (Å²) >= 11 is 0. The minimum absolute atomic E-state index is 0.0757. The zero-order valence-electron chi connectivity index (χ0n) is 12.9. The van der Waals surface area contributed by atoms with E-state index in [9.17, 15) is 9.59 Å². The normalized spacial score (nSPS) is 12.4. The van der Waals surface area contributed by atoms with E-state index < -0.39 is 12.0 Å². The van der Waals surface area contributed by atoms with E-state index >= 15 is 0 Å². The highest BCUT2D eigenvalue weighted by molar-refractivity contribution is 5.86. The number of rotatable bonds is 6. The molecule has 0 radical (unpaired) electrons. The second-order valence-electron chi connectivity index (χ2n) is 5.50. The summed E-state index contributed by atoms with van der Waals surface area (Å²) in [5.41, 5.74) is 0.896. The number of aliphatic carboxylic acids is 1. The van der Waals surface area contributed by atoms with Crippen molar-refractivity contribution in [2.24, 2.45) is 5.92 Å². The highest BCUT2D eigenvalue weighted by Crippen LogP contribution is 2.21. The number of aromatic nitrogens is 1. The lowest BCUT2D eigenvalue weighted by Crippen LogP contribution is -2.45. The van der Waals surface area contributed by atoms with Crippen LogP contribution in [0, 0.1) is 5.92 Å². The Kier molecular flexibility index (Phi) is 4.70. The average Bonchev–Trinajstić information content (AvgIpc) is 2.86. The van der Waals surface area contributed by atoms with Crippen molar-refractivity contribution < 1.29 is 19.4 Å². The minimum Gasteiger partial charge on any atom is -0.497 e. The molecule has 0 bridgehead atoms. The standard InChI is InChI=1S/C16H20N2O4/c1-10(2)15(16(20)21)17-14(19)9-18-7-6-11-8-12(22-3)4-5-13(11)18/h4-8,10,15H,9H2,1-3H3,(H,17,19)(H,20,21)/t15-/m1/s1. The Balaban J connectivity index is 2.13. The van der Waals surface area contributed by atoms with Gasteiger partial charge < -0.3 is 19.7 Å². The van der Waals surface area contributed by atoms with Gasteiger partial charge in [-0.3, -0.25) is 4.79 Å². The van der Waals surface area contributed by atoms with Crippen molar-refractivity contribution in [2.45, 2.75) is 26.4 Å². The molecule has 0 fully saturated rings. The number of benzene rings is 1. The van der Waals surface area contributed by atoms with Crippen LogP contribution in [0.4, 0.5) is 0 Å². The molecule has 2 rings (SSSR count). The first-order valence-corrected chi connectivity index (χ1v) is 7.07. The van der Waals surface area contributed by atoms with Crippen molar-refractivity contribution in [3.05, 3.63) is 30.5 Å². The molecule has 0 aliphatic rings. The Morgan fingerprint density at radius 2 is 2.05 bits per heavy atom. The molecule has 1 aromatic heterocycles. The van der Waals surface area contributed by atoms with E-state index in [1.165, 1.54) is 0 Å². The summed E-state index contributed by atoms with van der Waals surface area (Å²) in [4.78, 5) is 23.2. The summed E-state index contributed by atoms with van der Waals surface area (Å²) in [6.45, 7) is 3.60. The fraction of sp³-hybridized carbons (Fsp3) is 0.375. The highest BCUT2D eigenvalue weighted by atomic mass is 16.5. The molecular weight excluding hydrogens is 284 g/mol. The Bertz CT molecular complexity index is 691. The summed E-state index contributed by atoms with van der Waals surface area (Å²) in [6, 6.07) is 6.60. The number of ether oxygens (including phenoxy) is 1. The summed E-state index contributed by atoms with van der Waals surface area (Å²) in [5.74, 6) is -0.771. The lowest BCUT2D eigenvalue weighted by atomic mass is 10.1. The number of hydrogen-bond acceptors (Lipinski definition) is 3. The van der Waals surface area contributed by atoms with Gasteiger partial charge in [-0.25, -0.2) is 4.79 Å². The fourth-order valence-corrected chi connectivity index (χ4v) is 2.33. The molecular formula is C16H20N2O4. The summed E-state index contributed by atoms with van der Waals surface area (Å²) in [5, 5.41) is 12.6. The van der Waals surface area contributed by atoms with Crippen molar-refractivity contribution >= 4 is 22.8 Å². The van der Waals surface area contributed by atoms with E-state index in [-0.39, 0.29) is 18.4 Å². The molecule has 6 nitrogen and oxygen atoms in total. The highest BCUT2D eigenvalue weighted by Gasteiger charge is 2.23. The van der Waals surface area contributed by atoms with Crippen LogP contribution in [-0.4, -0.2) is 34.7 Å². The molecule has 0 aliphatic heterocycles. The van der Waals surface area contributed by atoms with Gasteiger partial charge in [0.2, 0.25) is 5.91 Å². The predicted molar refractivity (Wildman–Crippen MR) is 82.9 cm³/mol. The molecule has 0 saturated carbocycles. The summed E-state index contributed by atoms with van der Waals surface area (Å²) in [7, 11) is 1.60. The third kappa shape index (κ3) is 3.39. The van der Waals surface area contributed by atoms with Crippen LogP contribution in [0.25, 0.3) is 10.9 Å². The molecule has 2 aromatic rings. The van der Waals surface area contributed by atoms with Crippen LogP contribution in [0.1, 0.15) is 13.8 Å². The molecule has 6 heteroatoms. The molecule has 1 heterocycles. The van der Waals surface area contributed by atoms with Crippen molar-refractivity contribution in [2.75, 3.05) is 7.11 Å². The first-order valence-electron chi connectivity index (χ1n) is 7.07. The molecule has 0 unspecified atom stereocenters. The van der Waals surface area contributed by atoms with Crippen LogP contribution < -0.4 is 10.1 Å². The van der Waals surface area contributed by atoms with Gasteiger partial charge in [-0.2, -0.15) is 0 Å². The van der Waals surface area contributed by atoms with Gasteiger partial charge in [0.1, 0.15) is 18.3 Å². The van der Waals surface area contributed by atoms with E-state index in [4.69, 9.17) is 9.84 Å². The Morgan fingerprint density at radius 1 is 1.32 bits per heavy atom.